The quantitative estimate of drug-likeness (QED) is 0.748. The van der Waals surface area contributed by atoms with E-state index in [4.69, 9.17) is 0 Å². The molecule has 0 unspecified atom stereocenters. The molecule has 0 amide bonds. The highest BCUT2D eigenvalue weighted by Crippen LogP contribution is 2.05. The molecule has 1 heterocycles. The van der Waals surface area contributed by atoms with Crippen LogP contribution in [-0.2, 0) is 0 Å². The molecule has 0 aliphatic carbocycles. The van der Waals surface area contributed by atoms with E-state index in [2.05, 4.69) is 0 Å². The molecule has 0 saturated heterocycles. The monoisotopic (exact) mass is 211 g/mol. The molecule has 0 N–H and O–H groups in total. The first-order valence-corrected chi connectivity index (χ1v) is 5.22. The van der Waals surface area contributed by atoms with Crippen molar-refractivity contribution in [2.45, 2.75) is 6.92 Å². The molecular formula is C14H13NO. The topological polar surface area (TPSA) is 22.0 Å². The van der Waals surface area contributed by atoms with Crippen LogP contribution < -0.4 is 5.56 Å². The number of allylic oxidation sites excluding steroid dienone is 1. The fraction of sp³-hybridized carbons (Fsp3) is 0.0714. The van der Waals surface area contributed by atoms with E-state index in [1.165, 1.54) is 0 Å². The molecule has 0 bridgehead atoms. The first kappa shape index (κ1) is 10.4. The number of pyridine rings is 1. The average molecular weight is 211 g/mol. The maximum absolute atomic E-state index is 11.8. The Morgan fingerprint density at radius 1 is 1.12 bits per heavy atom. The van der Waals surface area contributed by atoms with Gasteiger partial charge in [-0.25, -0.2) is 0 Å². The number of rotatable bonds is 2. The van der Waals surface area contributed by atoms with Crippen LogP contribution in [0.4, 0.5) is 0 Å². The van der Waals surface area contributed by atoms with Gasteiger partial charge in [0.15, 0.2) is 0 Å². The fourth-order valence-corrected chi connectivity index (χ4v) is 1.59. The minimum absolute atomic E-state index is 0.0122. The van der Waals surface area contributed by atoms with Crippen LogP contribution in [0.15, 0.2) is 59.5 Å². The summed E-state index contributed by atoms with van der Waals surface area (Å²) in [6, 6.07) is 13.2. The molecule has 16 heavy (non-hydrogen) atoms. The lowest BCUT2D eigenvalue weighted by atomic mass is 10.2. The first-order valence-electron chi connectivity index (χ1n) is 5.22. The van der Waals surface area contributed by atoms with Crippen molar-refractivity contribution >= 4 is 6.08 Å². The predicted octanol–water partition coefficient (Wildman–Crippen LogP) is 2.87. The lowest BCUT2D eigenvalue weighted by Gasteiger charge is -2.04. The molecule has 80 valence electrons. The lowest BCUT2D eigenvalue weighted by molar-refractivity contribution is 0.988. The third-order valence-corrected chi connectivity index (χ3v) is 2.34. The van der Waals surface area contributed by atoms with Gasteiger partial charge in [-0.2, -0.15) is 0 Å². The van der Waals surface area contributed by atoms with Gasteiger partial charge in [-0.05, 0) is 30.7 Å². The third kappa shape index (κ3) is 2.11. The van der Waals surface area contributed by atoms with Crippen LogP contribution in [0.25, 0.3) is 11.8 Å². The van der Waals surface area contributed by atoms with E-state index in [1.807, 2.05) is 55.5 Å². The molecule has 2 nitrogen and oxygen atoms in total. The molecule has 1 aromatic heterocycles. The maximum atomic E-state index is 11.8. The first-order chi connectivity index (χ1) is 7.81. The smallest absolute Gasteiger partial charge is 0.255 e. The lowest BCUT2D eigenvalue weighted by Crippen LogP contribution is -2.16. The highest BCUT2D eigenvalue weighted by Gasteiger charge is 1.98. The molecule has 2 rings (SSSR count). The van der Waals surface area contributed by atoms with Gasteiger partial charge in [0.25, 0.3) is 5.56 Å². The van der Waals surface area contributed by atoms with Gasteiger partial charge >= 0.3 is 0 Å². The second-order valence-corrected chi connectivity index (χ2v) is 3.50. The third-order valence-electron chi connectivity index (χ3n) is 2.34. The van der Waals surface area contributed by atoms with E-state index in [-0.39, 0.29) is 5.56 Å². The van der Waals surface area contributed by atoms with Crippen molar-refractivity contribution in [1.29, 1.82) is 0 Å². The van der Waals surface area contributed by atoms with Crippen LogP contribution in [0.2, 0.25) is 0 Å². The summed E-state index contributed by atoms with van der Waals surface area (Å²) in [7, 11) is 0. The predicted molar refractivity (Wildman–Crippen MR) is 66.7 cm³/mol. The summed E-state index contributed by atoms with van der Waals surface area (Å²) in [5.41, 5.74) is 1.81. The van der Waals surface area contributed by atoms with Gasteiger partial charge in [-0.15, -0.1) is 0 Å². The molecule has 2 aromatic rings. The number of aromatic nitrogens is 1. The molecule has 0 spiro atoms. The van der Waals surface area contributed by atoms with Gasteiger partial charge in [0.2, 0.25) is 0 Å². The Balaban J connectivity index is 2.49. The van der Waals surface area contributed by atoms with Gasteiger partial charge in [0.1, 0.15) is 0 Å². The van der Waals surface area contributed by atoms with E-state index in [0.29, 0.717) is 0 Å². The fourth-order valence-electron chi connectivity index (χ4n) is 1.59. The molecule has 0 radical (unpaired) electrons. The summed E-state index contributed by atoms with van der Waals surface area (Å²) < 4.78 is 1.63. The number of hydrogen-bond acceptors (Lipinski definition) is 1. The Morgan fingerprint density at radius 3 is 2.50 bits per heavy atom. The molecule has 0 atom stereocenters. The zero-order chi connectivity index (χ0) is 11.4. The van der Waals surface area contributed by atoms with E-state index in [0.717, 1.165) is 11.3 Å². The maximum Gasteiger partial charge on any atom is 0.255 e. The summed E-state index contributed by atoms with van der Waals surface area (Å²) >= 11 is 0. The van der Waals surface area contributed by atoms with E-state index >= 15 is 0 Å². The van der Waals surface area contributed by atoms with E-state index < -0.39 is 0 Å². The summed E-state index contributed by atoms with van der Waals surface area (Å²) in [6.07, 6.45) is 5.63. The van der Waals surface area contributed by atoms with Crippen molar-refractivity contribution in [2.24, 2.45) is 0 Å². The Labute approximate surface area is 94.5 Å². The molecule has 1 aromatic carbocycles. The second kappa shape index (κ2) is 4.62. The normalized spacial score (nSPS) is 10.8. The van der Waals surface area contributed by atoms with Crippen molar-refractivity contribution in [3.63, 3.8) is 0 Å². The van der Waals surface area contributed by atoms with Crippen LogP contribution in [0, 0.1) is 0 Å². The molecule has 2 heteroatoms. The Kier molecular flexibility index (Phi) is 3.01. The number of benzene rings is 1. The van der Waals surface area contributed by atoms with Crippen molar-refractivity contribution in [1.82, 2.24) is 4.57 Å². The Hall–Kier alpha value is -2.09. The molecule has 0 aliphatic rings. The highest BCUT2D eigenvalue weighted by atomic mass is 16.1. The number of nitrogens with zero attached hydrogens (tertiary/aromatic N) is 1. The Bertz CT molecular complexity index is 552. The standard InChI is InChI=1S/C14H13NO/c1-2-6-12-9-10-15(14(16)11-12)13-7-4-3-5-8-13/h2-11H,1H3. The SMILES string of the molecule is CC=Cc1ccn(-c2ccccc2)c(=O)c1. The van der Waals surface area contributed by atoms with Crippen molar-refractivity contribution in [3.8, 4) is 5.69 Å². The van der Waals surface area contributed by atoms with Crippen LogP contribution >= 0.6 is 0 Å². The summed E-state index contributed by atoms with van der Waals surface area (Å²) in [5, 5.41) is 0. The van der Waals surface area contributed by atoms with Crippen molar-refractivity contribution < 1.29 is 0 Å². The second-order valence-electron chi connectivity index (χ2n) is 3.50. The zero-order valence-electron chi connectivity index (χ0n) is 9.13. The van der Waals surface area contributed by atoms with Gasteiger partial charge in [0.05, 0.1) is 0 Å². The van der Waals surface area contributed by atoms with Crippen LogP contribution in [-0.4, -0.2) is 4.57 Å². The van der Waals surface area contributed by atoms with Gasteiger partial charge in [0, 0.05) is 18.0 Å². The Morgan fingerprint density at radius 2 is 1.88 bits per heavy atom. The van der Waals surface area contributed by atoms with Gasteiger partial charge < -0.3 is 0 Å². The minimum Gasteiger partial charge on any atom is -0.284 e. The van der Waals surface area contributed by atoms with Crippen LogP contribution in [0.1, 0.15) is 12.5 Å². The zero-order valence-corrected chi connectivity index (χ0v) is 9.13. The number of hydrogen-bond donors (Lipinski definition) is 0. The summed E-state index contributed by atoms with van der Waals surface area (Å²) in [5.74, 6) is 0. The van der Waals surface area contributed by atoms with Crippen LogP contribution in [0.3, 0.4) is 0 Å². The number of para-hydroxylation sites is 1. The molecular weight excluding hydrogens is 198 g/mol. The molecule has 0 aliphatic heterocycles. The van der Waals surface area contributed by atoms with E-state index in [9.17, 15) is 4.79 Å². The van der Waals surface area contributed by atoms with Gasteiger partial charge in [-0.1, -0.05) is 30.4 Å². The van der Waals surface area contributed by atoms with Crippen LogP contribution in [0.5, 0.6) is 0 Å². The molecule has 0 saturated carbocycles. The summed E-state index contributed by atoms with van der Waals surface area (Å²) in [4.78, 5) is 11.8. The van der Waals surface area contributed by atoms with Gasteiger partial charge in [-0.3, -0.25) is 9.36 Å². The summed E-state index contributed by atoms with van der Waals surface area (Å²) in [6.45, 7) is 1.93. The van der Waals surface area contributed by atoms with Crippen molar-refractivity contribution in [3.05, 3.63) is 70.7 Å². The minimum atomic E-state index is -0.0122. The largest absolute Gasteiger partial charge is 0.284 e. The van der Waals surface area contributed by atoms with E-state index in [1.54, 1.807) is 16.8 Å². The highest BCUT2D eigenvalue weighted by molar-refractivity contribution is 5.48. The van der Waals surface area contributed by atoms with Crippen molar-refractivity contribution in [2.75, 3.05) is 0 Å². The molecule has 0 fully saturated rings. The average Bonchev–Trinajstić information content (AvgIpc) is 2.31.